The van der Waals surface area contributed by atoms with Gasteiger partial charge in [-0.3, -0.25) is 9.80 Å². The van der Waals surface area contributed by atoms with E-state index in [4.69, 9.17) is 4.74 Å². The third-order valence-corrected chi connectivity index (χ3v) is 14.7. The van der Waals surface area contributed by atoms with E-state index in [2.05, 4.69) is 188 Å². The van der Waals surface area contributed by atoms with Crippen LogP contribution in [0.1, 0.15) is 378 Å². The molecule has 0 unspecified atom stereocenters. The summed E-state index contributed by atoms with van der Waals surface area (Å²) in [7, 11) is 0. The summed E-state index contributed by atoms with van der Waals surface area (Å²) in [5.41, 5.74) is 0. The Morgan fingerprint density at radius 3 is 0.434 bits per heavy atom. The van der Waals surface area contributed by atoms with E-state index in [1.807, 2.05) is 111 Å². The van der Waals surface area contributed by atoms with E-state index in [0.717, 1.165) is 82.0 Å². The third kappa shape index (κ3) is 68.5. The number of thioether (sulfide) groups is 1. The van der Waals surface area contributed by atoms with Crippen molar-refractivity contribution in [2.45, 2.75) is 425 Å². The summed E-state index contributed by atoms with van der Waals surface area (Å²) < 4.78 is 5.59. The Hall–Kier alpha value is 0.230. The standard InChI is InChI=1S/2C10H21N.C8H16O.C8H16S.3C3H8.8C2H6.11CH4/c2*1-6-11-9(4)7(2)8(3)10(11)5;2*1-5-6(2)8(4)9-7(5)3;3*1-3-2;8*1-2;;;;;;;;;;;/h2*7-10H,6H2,1-5H3;2*5-8H,1-4H3;3*3H2,1-2H3;8*1-2H3;11*1H4/t2*7-,8+,9-,10+;2*5-,6+,7-,8+;;;;;;;;;;;;;;;;;;;;;;. The fraction of sp³-hybridized carbons (Fsp3) is 1.00. The van der Waals surface area contributed by atoms with Crippen LogP contribution in [-0.4, -0.2) is 69.8 Å². The molecule has 76 heavy (non-hydrogen) atoms. The number of likely N-dealkylation sites (tertiary alicyclic amines) is 2. The van der Waals surface area contributed by atoms with Crippen molar-refractivity contribution < 1.29 is 4.74 Å². The van der Waals surface area contributed by atoms with Gasteiger partial charge in [0.05, 0.1) is 12.2 Å². The Kier molecular flexibility index (Phi) is 213. The smallest absolute Gasteiger partial charge is 0.0579 e. The Morgan fingerprint density at radius 2 is 0.382 bits per heavy atom. The number of ether oxygens (including phenoxy) is 1. The Morgan fingerprint density at radius 1 is 0.250 bits per heavy atom. The van der Waals surface area contributed by atoms with Gasteiger partial charge >= 0.3 is 0 Å². The zero-order valence-electron chi connectivity index (χ0n) is 54.5. The van der Waals surface area contributed by atoms with Crippen LogP contribution in [0.2, 0.25) is 0 Å². The normalized spacial score (nSPS) is 27.2. The average Bonchev–Trinajstić information content (AvgIpc) is 3.86. The first-order valence-corrected chi connectivity index (χ1v) is 30.4. The summed E-state index contributed by atoms with van der Waals surface area (Å²) in [6, 6.07) is 3.13. The Bertz CT molecular complexity index is 637. The highest BCUT2D eigenvalue weighted by Crippen LogP contribution is 2.42. The molecule has 0 aromatic heterocycles. The van der Waals surface area contributed by atoms with Gasteiger partial charge in [-0.2, -0.15) is 11.8 Å². The van der Waals surface area contributed by atoms with Gasteiger partial charge in [0.25, 0.3) is 0 Å². The molecular weight excluding hydrogens is 941 g/mol. The molecule has 0 amide bonds. The third-order valence-electron chi connectivity index (χ3n) is 13.0. The van der Waals surface area contributed by atoms with Gasteiger partial charge < -0.3 is 4.74 Å². The van der Waals surface area contributed by atoms with E-state index in [-0.39, 0.29) is 81.7 Å². The van der Waals surface area contributed by atoms with Gasteiger partial charge in [0.15, 0.2) is 0 Å². The summed E-state index contributed by atoms with van der Waals surface area (Å²) in [6.45, 7) is 88.9. The van der Waals surface area contributed by atoms with Gasteiger partial charge in [0, 0.05) is 34.7 Å². The maximum atomic E-state index is 5.59. The van der Waals surface area contributed by atoms with E-state index in [1.165, 1.54) is 32.4 Å². The average molecular weight is 1130 g/mol. The minimum Gasteiger partial charge on any atom is -0.375 e. The van der Waals surface area contributed by atoms with Crippen LogP contribution in [0.4, 0.5) is 0 Å². The van der Waals surface area contributed by atoms with Crippen molar-refractivity contribution in [1.82, 2.24) is 9.80 Å². The molecule has 0 aromatic carbocycles. The fourth-order valence-electron chi connectivity index (χ4n) is 7.74. The van der Waals surface area contributed by atoms with Crippen molar-refractivity contribution in [2.24, 2.45) is 47.3 Å². The lowest BCUT2D eigenvalue weighted by Gasteiger charge is -2.25. The first-order valence-electron chi connectivity index (χ1n) is 29.5. The van der Waals surface area contributed by atoms with E-state index >= 15 is 0 Å². The lowest BCUT2D eigenvalue weighted by molar-refractivity contribution is 0.0524. The van der Waals surface area contributed by atoms with Gasteiger partial charge in [-0.05, 0) is 102 Å². The molecular formula is C72H190N2OS. The predicted molar refractivity (Wildman–Crippen MR) is 395 cm³/mol. The van der Waals surface area contributed by atoms with Crippen LogP contribution in [0, 0.1) is 47.3 Å². The van der Waals surface area contributed by atoms with E-state index in [1.54, 1.807) is 0 Å². The van der Waals surface area contributed by atoms with E-state index < -0.39 is 0 Å². The number of hydrogen-bond donors (Lipinski definition) is 0. The molecule has 4 rings (SSSR count). The zero-order chi connectivity index (χ0) is 55.3. The van der Waals surface area contributed by atoms with Crippen LogP contribution in [0.5, 0.6) is 0 Å². The highest BCUT2D eigenvalue weighted by Gasteiger charge is 2.39. The van der Waals surface area contributed by atoms with Gasteiger partial charge in [-0.25, -0.2) is 0 Å². The van der Waals surface area contributed by atoms with Crippen molar-refractivity contribution in [3.05, 3.63) is 0 Å². The zero-order valence-corrected chi connectivity index (χ0v) is 55.3. The summed E-state index contributed by atoms with van der Waals surface area (Å²) in [5.74, 6) is 6.78. The second kappa shape index (κ2) is 111. The number of rotatable bonds is 2. The summed E-state index contributed by atoms with van der Waals surface area (Å²) in [4.78, 5) is 5.21. The highest BCUT2D eigenvalue weighted by atomic mass is 32.2. The fourth-order valence-corrected chi connectivity index (χ4v) is 9.41. The Balaban J connectivity index is -0.0000000215. The number of nitrogens with zero attached hydrogens (tertiary/aromatic N) is 2. The van der Waals surface area contributed by atoms with Crippen molar-refractivity contribution in [3.8, 4) is 0 Å². The molecule has 4 fully saturated rings. The molecule has 0 aliphatic carbocycles. The molecule has 4 saturated heterocycles. The summed E-state index contributed by atoms with van der Waals surface area (Å²) >= 11 is 2.14. The molecule has 0 radical (unpaired) electrons. The molecule has 0 bridgehead atoms. The molecule has 4 aliphatic heterocycles. The maximum absolute atomic E-state index is 5.59. The van der Waals surface area contributed by atoms with Crippen molar-refractivity contribution in [1.29, 1.82) is 0 Å². The number of hydrogen-bond acceptors (Lipinski definition) is 4. The topological polar surface area (TPSA) is 15.7 Å². The van der Waals surface area contributed by atoms with E-state index in [0.29, 0.717) is 12.2 Å². The van der Waals surface area contributed by atoms with Gasteiger partial charge in [0.1, 0.15) is 0 Å². The van der Waals surface area contributed by atoms with Crippen LogP contribution in [0.25, 0.3) is 0 Å². The first-order chi connectivity index (χ1) is 30.7. The largest absolute Gasteiger partial charge is 0.375 e. The minimum absolute atomic E-state index is 0. The molecule has 0 spiro atoms. The van der Waals surface area contributed by atoms with Crippen molar-refractivity contribution in [2.75, 3.05) is 13.1 Å². The minimum atomic E-state index is 0. The SMILES string of the molecule is C.C.C.C.C.C.C.C.C.C.C.CC.CC.CC.CC.CC.CC.CC.CC.CCC.CCC.CCC.CCN1[C@H](C)[C@H](C)[C@H](C)[C@@H]1C.CCN1[C@H](C)[C@H](C)[C@H](C)[C@@H]1C.C[C@@H]1[C@H](C)[C@H](C)O[C@@H]1C.C[C@@H]1[C@H](C)[C@H](C)S[C@@H]1C. The maximum Gasteiger partial charge on any atom is 0.0579 e. The first kappa shape index (κ1) is 147. The quantitative estimate of drug-likeness (QED) is 0.274. The second-order valence-corrected chi connectivity index (χ2v) is 18.5. The van der Waals surface area contributed by atoms with Gasteiger partial charge in [-0.15, -0.1) is 0 Å². The molecule has 0 saturated carbocycles. The van der Waals surface area contributed by atoms with Crippen LogP contribution >= 0.6 is 11.8 Å². The lowest BCUT2D eigenvalue weighted by Crippen LogP contribution is -2.34. The second-order valence-electron chi connectivity index (χ2n) is 16.7. The van der Waals surface area contributed by atoms with Gasteiger partial charge in [-0.1, -0.05) is 336 Å². The molecule has 3 nitrogen and oxygen atoms in total. The summed E-state index contributed by atoms with van der Waals surface area (Å²) in [5, 5.41) is 1.77. The van der Waals surface area contributed by atoms with Crippen LogP contribution < -0.4 is 0 Å². The van der Waals surface area contributed by atoms with Crippen molar-refractivity contribution >= 4 is 11.8 Å². The molecule has 0 N–H and O–H groups in total. The molecule has 4 aliphatic rings. The van der Waals surface area contributed by atoms with Crippen LogP contribution in [0.15, 0.2) is 0 Å². The lowest BCUT2D eigenvalue weighted by atomic mass is 9.92. The highest BCUT2D eigenvalue weighted by molar-refractivity contribution is 8.00. The molecule has 0 aromatic rings. The molecule has 4 heteroatoms. The van der Waals surface area contributed by atoms with Crippen molar-refractivity contribution in [3.63, 3.8) is 0 Å². The van der Waals surface area contributed by atoms with E-state index in [9.17, 15) is 0 Å². The Labute approximate surface area is 509 Å². The van der Waals surface area contributed by atoms with Crippen LogP contribution in [0.3, 0.4) is 0 Å². The summed E-state index contributed by atoms with van der Waals surface area (Å²) in [6.07, 6.45) is 4.69. The molecule has 500 valence electrons. The van der Waals surface area contributed by atoms with Crippen LogP contribution in [-0.2, 0) is 4.74 Å². The molecule has 4 heterocycles. The molecule has 16 atom stereocenters. The predicted octanol–water partition coefficient (Wildman–Crippen LogP) is 29.0. The van der Waals surface area contributed by atoms with Gasteiger partial charge in [0.2, 0.25) is 0 Å². The monoisotopic (exact) mass is 1130 g/mol.